The Morgan fingerprint density at radius 3 is 2.53 bits per heavy atom. The zero-order valence-corrected chi connectivity index (χ0v) is 12.4. The van der Waals surface area contributed by atoms with E-state index in [-0.39, 0.29) is 5.91 Å². The zero-order valence-electron chi connectivity index (χ0n) is 11.5. The van der Waals surface area contributed by atoms with Gasteiger partial charge in [-0.3, -0.25) is 4.79 Å². The topological polar surface area (TPSA) is 36.4 Å². The van der Waals surface area contributed by atoms with Gasteiger partial charge in [-0.15, -0.1) is 11.3 Å². The van der Waals surface area contributed by atoms with Gasteiger partial charge >= 0.3 is 0 Å². The van der Waals surface area contributed by atoms with Gasteiger partial charge in [-0.2, -0.15) is 0 Å². The summed E-state index contributed by atoms with van der Waals surface area (Å²) < 4.78 is 0. The second-order valence-corrected chi connectivity index (χ2v) is 5.72. The van der Waals surface area contributed by atoms with E-state index in [1.807, 2.05) is 43.3 Å². The molecule has 0 aliphatic heterocycles. The Morgan fingerprint density at radius 2 is 1.89 bits per heavy atom. The van der Waals surface area contributed by atoms with Crippen LogP contribution in [0.5, 0.6) is 0 Å². The molecule has 0 atom stereocenters. The number of thiophene rings is 1. The molecule has 0 saturated carbocycles. The minimum Gasteiger partial charge on any atom is -0.362 e. The van der Waals surface area contributed by atoms with Gasteiger partial charge in [0.2, 0.25) is 0 Å². The summed E-state index contributed by atoms with van der Waals surface area (Å²) in [5.41, 5.74) is 1.05. The number of aromatic nitrogens is 1. The fourth-order valence-electron chi connectivity index (χ4n) is 1.76. The van der Waals surface area contributed by atoms with Gasteiger partial charge in [0.05, 0.1) is 4.88 Å². The molecule has 5 heteroatoms. The smallest absolute Gasteiger partial charge is 0.263 e. The summed E-state index contributed by atoms with van der Waals surface area (Å²) in [5.74, 6) is 0.944. The van der Waals surface area contributed by atoms with Gasteiger partial charge in [-0.25, -0.2) is 4.98 Å². The van der Waals surface area contributed by atoms with Crippen LogP contribution in [-0.4, -0.2) is 44.0 Å². The lowest BCUT2D eigenvalue weighted by Crippen LogP contribution is -2.20. The third-order valence-electron chi connectivity index (χ3n) is 2.70. The monoisotopic (exact) mass is 275 g/mol. The molecule has 2 aromatic rings. The molecule has 0 aromatic carbocycles. The quantitative estimate of drug-likeness (QED) is 0.864. The molecule has 0 unspecified atom stereocenters. The third kappa shape index (κ3) is 2.76. The summed E-state index contributed by atoms with van der Waals surface area (Å²) in [7, 11) is 7.45. The van der Waals surface area contributed by atoms with E-state index in [0.29, 0.717) is 0 Å². The highest BCUT2D eigenvalue weighted by Gasteiger charge is 2.14. The van der Waals surface area contributed by atoms with Crippen molar-refractivity contribution in [2.45, 2.75) is 0 Å². The van der Waals surface area contributed by atoms with Gasteiger partial charge in [-0.05, 0) is 24.3 Å². The molecule has 0 saturated heterocycles. The summed E-state index contributed by atoms with van der Waals surface area (Å²) in [6.45, 7) is 0. The Balaban J connectivity index is 2.41. The highest BCUT2D eigenvalue weighted by Crippen LogP contribution is 2.33. The molecule has 1 amide bonds. The van der Waals surface area contributed by atoms with Gasteiger partial charge in [0.15, 0.2) is 0 Å². The van der Waals surface area contributed by atoms with Crippen LogP contribution < -0.4 is 4.90 Å². The van der Waals surface area contributed by atoms with E-state index in [1.165, 1.54) is 11.3 Å². The zero-order chi connectivity index (χ0) is 14.0. The maximum atomic E-state index is 11.9. The van der Waals surface area contributed by atoms with Crippen molar-refractivity contribution >= 4 is 23.1 Å². The third-order valence-corrected chi connectivity index (χ3v) is 3.81. The molecule has 100 valence electrons. The first-order chi connectivity index (χ1) is 9.00. The number of pyridine rings is 1. The maximum absolute atomic E-state index is 11.9. The normalized spacial score (nSPS) is 10.3. The number of hydrogen-bond acceptors (Lipinski definition) is 4. The fourth-order valence-corrected chi connectivity index (χ4v) is 2.81. The number of carbonyl (C=O) groups is 1. The van der Waals surface area contributed by atoms with E-state index in [2.05, 4.69) is 4.98 Å². The van der Waals surface area contributed by atoms with Gasteiger partial charge in [0.25, 0.3) is 5.91 Å². The van der Waals surface area contributed by atoms with E-state index in [9.17, 15) is 4.79 Å². The second-order valence-electron chi connectivity index (χ2n) is 4.63. The molecule has 0 spiro atoms. The minimum atomic E-state index is 0.0338. The van der Waals surface area contributed by atoms with Crippen molar-refractivity contribution in [3.05, 3.63) is 35.3 Å². The first-order valence-corrected chi connectivity index (χ1v) is 6.76. The van der Waals surface area contributed by atoms with Crippen LogP contribution in [0.2, 0.25) is 0 Å². The van der Waals surface area contributed by atoms with Crippen molar-refractivity contribution in [3.8, 4) is 10.4 Å². The number of anilines is 1. The van der Waals surface area contributed by atoms with Gasteiger partial charge in [-0.1, -0.05) is 0 Å². The van der Waals surface area contributed by atoms with Crippen molar-refractivity contribution in [2.24, 2.45) is 0 Å². The molecule has 0 N–H and O–H groups in total. The lowest BCUT2D eigenvalue weighted by atomic mass is 10.2. The molecule has 0 bridgehead atoms. The Hall–Kier alpha value is -1.88. The highest BCUT2D eigenvalue weighted by molar-refractivity contribution is 7.17. The molecule has 0 aliphatic rings. The Morgan fingerprint density at radius 1 is 1.16 bits per heavy atom. The van der Waals surface area contributed by atoms with E-state index in [4.69, 9.17) is 0 Å². The van der Waals surface area contributed by atoms with Crippen LogP contribution in [0, 0.1) is 0 Å². The second kappa shape index (κ2) is 5.40. The molecule has 2 aromatic heterocycles. The summed E-state index contributed by atoms with van der Waals surface area (Å²) in [6.07, 6.45) is 1.78. The van der Waals surface area contributed by atoms with Gasteiger partial charge in [0.1, 0.15) is 5.82 Å². The van der Waals surface area contributed by atoms with Crippen LogP contribution in [0.3, 0.4) is 0 Å². The standard InChI is InChI=1S/C14H17N3OS/c1-16(2)13-10(6-5-9-15-13)11-7-8-12(19-11)14(18)17(3)4/h5-9H,1-4H3. The van der Waals surface area contributed by atoms with E-state index in [1.54, 1.807) is 25.2 Å². The van der Waals surface area contributed by atoms with Crippen molar-refractivity contribution in [1.29, 1.82) is 0 Å². The average molecular weight is 275 g/mol. The summed E-state index contributed by atoms with van der Waals surface area (Å²) >= 11 is 1.50. The molecular weight excluding hydrogens is 258 g/mol. The molecular formula is C14H17N3OS. The summed E-state index contributed by atoms with van der Waals surface area (Å²) in [4.78, 5) is 21.7. The van der Waals surface area contributed by atoms with Gasteiger partial charge < -0.3 is 9.80 Å². The number of nitrogens with zero attached hydrogens (tertiary/aromatic N) is 3. The van der Waals surface area contributed by atoms with E-state index >= 15 is 0 Å². The first kappa shape index (κ1) is 13.5. The minimum absolute atomic E-state index is 0.0338. The lowest BCUT2D eigenvalue weighted by molar-refractivity contribution is 0.0832. The summed E-state index contributed by atoms with van der Waals surface area (Å²) in [5, 5.41) is 0. The van der Waals surface area contributed by atoms with Crippen molar-refractivity contribution < 1.29 is 4.79 Å². The van der Waals surface area contributed by atoms with Crippen LogP contribution >= 0.6 is 11.3 Å². The lowest BCUT2D eigenvalue weighted by Gasteiger charge is -2.14. The SMILES string of the molecule is CN(C)C(=O)c1ccc(-c2cccnc2N(C)C)s1. The van der Waals surface area contributed by atoms with E-state index in [0.717, 1.165) is 21.1 Å². The van der Waals surface area contributed by atoms with Crippen LogP contribution in [-0.2, 0) is 0 Å². The fraction of sp³-hybridized carbons (Fsp3) is 0.286. The first-order valence-electron chi connectivity index (χ1n) is 5.95. The molecule has 0 aliphatic carbocycles. The Labute approximate surface area is 117 Å². The van der Waals surface area contributed by atoms with Crippen LogP contribution in [0.25, 0.3) is 10.4 Å². The van der Waals surface area contributed by atoms with Crippen LogP contribution in [0.1, 0.15) is 9.67 Å². The predicted molar refractivity (Wildman–Crippen MR) is 79.9 cm³/mol. The molecule has 2 rings (SSSR count). The number of rotatable bonds is 3. The van der Waals surface area contributed by atoms with E-state index < -0.39 is 0 Å². The van der Waals surface area contributed by atoms with Crippen molar-refractivity contribution in [2.75, 3.05) is 33.1 Å². The van der Waals surface area contributed by atoms with Crippen LogP contribution in [0.4, 0.5) is 5.82 Å². The Bertz CT molecular complexity index is 590. The predicted octanol–water partition coefficient (Wildman–Crippen LogP) is 2.58. The Kier molecular flexibility index (Phi) is 3.85. The number of amides is 1. The molecule has 0 fully saturated rings. The van der Waals surface area contributed by atoms with Gasteiger partial charge in [0, 0.05) is 44.8 Å². The molecule has 19 heavy (non-hydrogen) atoms. The maximum Gasteiger partial charge on any atom is 0.263 e. The molecule has 2 heterocycles. The highest BCUT2D eigenvalue weighted by atomic mass is 32.1. The van der Waals surface area contributed by atoms with Crippen molar-refractivity contribution in [3.63, 3.8) is 0 Å². The average Bonchev–Trinajstić information content (AvgIpc) is 2.87. The largest absolute Gasteiger partial charge is 0.362 e. The summed E-state index contributed by atoms with van der Waals surface area (Å²) in [6, 6.07) is 7.79. The number of hydrogen-bond donors (Lipinski definition) is 0. The van der Waals surface area contributed by atoms with Crippen LogP contribution in [0.15, 0.2) is 30.5 Å². The number of carbonyl (C=O) groups excluding carboxylic acids is 1. The molecule has 4 nitrogen and oxygen atoms in total. The molecule has 0 radical (unpaired) electrons. The van der Waals surface area contributed by atoms with Crippen molar-refractivity contribution in [1.82, 2.24) is 9.88 Å².